The molecule has 5 heteroatoms. The summed E-state index contributed by atoms with van der Waals surface area (Å²) in [6, 6.07) is 0. The number of rotatable bonds is 1. The lowest BCUT2D eigenvalue weighted by Gasteiger charge is -2.16. The van der Waals surface area contributed by atoms with Gasteiger partial charge in [0.1, 0.15) is 0 Å². The zero-order valence-electron chi connectivity index (χ0n) is 13.8. The Bertz CT molecular complexity index is 320. The van der Waals surface area contributed by atoms with E-state index in [0.29, 0.717) is 13.0 Å². The lowest BCUT2D eigenvalue weighted by Crippen LogP contribution is -2.23. The van der Waals surface area contributed by atoms with Gasteiger partial charge in [0.2, 0.25) is 0 Å². The van der Waals surface area contributed by atoms with Gasteiger partial charge in [-0.1, -0.05) is 38.5 Å². The van der Waals surface area contributed by atoms with Gasteiger partial charge in [0.05, 0.1) is 18.8 Å². The van der Waals surface area contributed by atoms with Gasteiger partial charge in [-0.15, -0.1) is 0 Å². The average molecular weight is 314 g/mol. The van der Waals surface area contributed by atoms with Crippen LogP contribution in [0, 0.1) is 0 Å². The molecule has 0 amide bonds. The fourth-order valence-electron chi connectivity index (χ4n) is 3.15. The van der Waals surface area contributed by atoms with Gasteiger partial charge in [-0.05, 0) is 25.7 Å². The van der Waals surface area contributed by atoms with Crippen molar-refractivity contribution in [3.63, 3.8) is 0 Å². The highest BCUT2D eigenvalue weighted by atomic mass is 16.9. The summed E-state index contributed by atoms with van der Waals surface area (Å²) in [5.74, 6) is -0.0676. The number of carbonyl (C=O) groups excluding carboxylic acids is 1. The average Bonchev–Trinajstić information content (AvgIpc) is 2.91. The molecule has 2 saturated heterocycles. The highest BCUT2D eigenvalue weighted by molar-refractivity contribution is 5.69. The summed E-state index contributed by atoms with van der Waals surface area (Å²) in [6.45, 7) is -0.0667. The second-order valence-corrected chi connectivity index (χ2v) is 6.25. The zero-order chi connectivity index (χ0) is 15.6. The maximum absolute atomic E-state index is 11.6. The Hall–Kier alpha value is -0.650. The monoisotopic (exact) mass is 314 g/mol. The first-order chi connectivity index (χ1) is 10.8. The first-order valence-electron chi connectivity index (χ1n) is 8.79. The van der Waals surface area contributed by atoms with Crippen molar-refractivity contribution in [1.82, 2.24) is 0 Å². The lowest BCUT2D eigenvalue weighted by atomic mass is 10.0. The van der Waals surface area contributed by atoms with Gasteiger partial charge in [-0.3, -0.25) is 4.79 Å². The van der Waals surface area contributed by atoms with Gasteiger partial charge in [0.25, 0.3) is 6.48 Å². The molecular formula is C17H30O5. The maximum Gasteiger partial charge on any atom is 0.305 e. The molecule has 3 unspecified atom stereocenters. The van der Waals surface area contributed by atoms with Crippen molar-refractivity contribution in [2.75, 3.05) is 13.7 Å². The molecule has 0 aromatic rings. The first kappa shape index (κ1) is 17.7. The van der Waals surface area contributed by atoms with Gasteiger partial charge < -0.3 is 18.9 Å². The van der Waals surface area contributed by atoms with E-state index in [0.717, 1.165) is 32.1 Å². The summed E-state index contributed by atoms with van der Waals surface area (Å²) in [4.78, 5) is 11.6. The van der Waals surface area contributed by atoms with E-state index in [9.17, 15) is 4.79 Å². The summed E-state index contributed by atoms with van der Waals surface area (Å²) in [5.41, 5.74) is 0. The van der Waals surface area contributed by atoms with Crippen molar-refractivity contribution >= 4 is 5.97 Å². The standard InChI is InChI=1S/C17H30O5/c1-19-17-21-14-10-7-5-3-2-4-6-8-12-16(18)20-13-9-11-15(14)22-17/h14-15,17H,2-13H2,1H3. The second-order valence-electron chi connectivity index (χ2n) is 6.25. The number of hydrogen-bond donors (Lipinski definition) is 0. The van der Waals surface area contributed by atoms with Gasteiger partial charge in [-0.2, -0.15) is 0 Å². The van der Waals surface area contributed by atoms with Crippen LogP contribution < -0.4 is 0 Å². The molecule has 2 heterocycles. The summed E-state index contributed by atoms with van der Waals surface area (Å²) >= 11 is 0. The quantitative estimate of drug-likeness (QED) is 0.693. The summed E-state index contributed by atoms with van der Waals surface area (Å²) in [5, 5.41) is 0. The third kappa shape index (κ3) is 6.23. The van der Waals surface area contributed by atoms with Crippen LogP contribution in [-0.2, 0) is 23.7 Å². The molecule has 0 aromatic heterocycles. The van der Waals surface area contributed by atoms with Crippen molar-refractivity contribution in [3.05, 3.63) is 0 Å². The molecule has 0 saturated carbocycles. The number of hydrogen-bond acceptors (Lipinski definition) is 5. The number of cyclic esters (lactones) is 1. The highest BCUT2D eigenvalue weighted by Gasteiger charge is 2.35. The number of methoxy groups -OCH3 is 1. The fraction of sp³-hybridized carbons (Fsp3) is 0.941. The number of carbonyl (C=O) groups is 1. The van der Waals surface area contributed by atoms with Crippen molar-refractivity contribution in [3.8, 4) is 0 Å². The molecule has 3 atom stereocenters. The van der Waals surface area contributed by atoms with E-state index in [1.54, 1.807) is 7.11 Å². The zero-order valence-corrected chi connectivity index (χ0v) is 13.8. The van der Waals surface area contributed by atoms with Gasteiger partial charge in [-0.25, -0.2) is 0 Å². The van der Waals surface area contributed by atoms with Crippen LogP contribution in [0.1, 0.15) is 70.6 Å². The Labute approximate surface area is 133 Å². The smallest absolute Gasteiger partial charge is 0.305 e. The van der Waals surface area contributed by atoms with Crippen molar-refractivity contribution in [1.29, 1.82) is 0 Å². The van der Waals surface area contributed by atoms with Crippen LogP contribution in [0.15, 0.2) is 0 Å². The molecule has 2 aliphatic rings. The normalized spacial score (nSPS) is 33.1. The van der Waals surface area contributed by atoms with Gasteiger partial charge in [0, 0.05) is 13.5 Å². The molecule has 128 valence electrons. The second kappa shape index (κ2) is 10.2. The minimum absolute atomic E-state index is 0.0524. The maximum atomic E-state index is 11.6. The predicted octanol–water partition coefficient (Wildman–Crippen LogP) is 3.55. The fourth-order valence-corrected chi connectivity index (χ4v) is 3.15. The molecular weight excluding hydrogens is 284 g/mol. The van der Waals surface area contributed by atoms with Crippen molar-refractivity contribution in [2.45, 2.75) is 89.3 Å². The Morgan fingerprint density at radius 2 is 1.45 bits per heavy atom. The first-order valence-corrected chi connectivity index (χ1v) is 8.79. The molecule has 0 bridgehead atoms. The van der Waals surface area contributed by atoms with Crippen LogP contribution in [-0.4, -0.2) is 38.4 Å². The molecule has 22 heavy (non-hydrogen) atoms. The van der Waals surface area contributed by atoms with E-state index < -0.39 is 6.48 Å². The van der Waals surface area contributed by atoms with E-state index in [1.807, 2.05) is 0 Å². The van der Waals surface area contributed by atoms with Crippen molar-refractivity contribution < 1.29 is 23.7 Å². The Balaban J connectivity index is 1.80. The SMILES string of the molecule is COC1OC2CCCCCCCCCC(=O)OCCCC2O1. The minimum atomic E-state index is -0.542. The van der Waals surface area contributed by atoms with Gasteiger partial charge in [0.15, 0.2) is 0 Å². The molecule has 2 aliphatic heterocycles. The van der Waals surface area contributed by atoms with E-state index >= 15 is 0 Å². The van der Waals surface area contributed by atoms with Crippen LogP contribution in [0.2, 0.25) is 0 Å². The molecule has 5 nitrogen and oxygen atoms in total. The van der Waals surface area contributed by atoms with Crippen LogP contribution in [0.4, 0.5) is 0 Å². The lowest BCUT2D eigenvalue weighted by molar-refractivity contribution is -0.229. The van der Waals surface area contributed by atoms with Gasteiger partial charge >= 0.3 is 5.97 Å². The summed E-state index contributed by atoms with van der Waals surface area (Å²) < 4.78 is 22.0. The van der Waals surface area contributed by atoms with Crippen LogP contribution in [0.25, 0.3) is 0 Å². The third-order valence-electron chi connectivity index (χ3n) is 4.44. The Morgan fingerprint density at radius 3 is 2.14 bits per heavy atom. The Kier molecular flexibility index (Phi) is 8.20. The highest BCUT2D eigenvalue weighted by Crippen LogP contribution is 2.27. The number of esters is 1. The largest absolute Gasteiger partial charge is 0.466 e. The molecule has 0 spiro atoms. The number of ether oxygens (including phenoxy) is 4. The molecule has 0 N–H and O–H groups in total. The van der Waals surface area contributed by atoms with E-state index in [2.05, 4.69) is 0 Å². The number of fused-ring (bicyclic) bond motifs is 1. The van der Waals surface area contributed by atoms with Crippen molar-refractivity contribution in [2.24, 2.45) is 0 Å². The van der Waals surface area contributed by atoms with Crippen LogP contribution >= 0.6 is 0 Å². The predicted molar refractivity (Wildman–Crippen MR) is 82.3 cm³/mol. The van der Waals surface area contributed by atoms with E-state index in [-0.39, 0.29) is 18.2 Å². The Morgan fingerprint density at radius 1 is 0.864 bits per heavy atom. The topological polar surface area (TPSA) is 54.0 Å². The summed E-state index contributed by atoms with van der Waals surface area (Å²) in [6.07, 6.45) is 11.6. The molecule has 0 aliphatic carbocycles. The van der Waals surface area contributed by atoms with E-state index in [1.165, 1.54) is 32.1 Å². The molecule has 2 rings (SSSR count). The van der Waals surface area contributed by atoms with E-state index in [4.69, 9.17) is 18.9 Å². The summed E-state index contributed by atoms with van der Waals surface area (Å²) in [7, 11) is 1.60. The minimum Gasteiger partial charge on any atom is -0.466 e. The molecule has 0 aromatic carbocycles. The third-order valence-corrected chi connectivity index (χ3v) is 4.44. The van der Waals surface area contributed by atoms with Crippen LogP contribution in [0.5, 0.6) is 0 Å². The molecule has 2 fully saturated rings. The van der Waals surface area contributed by atoms with Crippen LogP contribution in [0.3, 0.4) is 0 Å². The molecule has 0 radical (unpaired) electrons.